The van der Waals surface area contributed by atoms with Crippen LogP contribution in [-0.4, -0.2) is 19.1 Å². The predicted molar refractivity (Wildman–Crippen MR) is 90.5 cm³/mol. The summed E-state index contributed by atoms with van der Waals surface area (Å²) in [4.78, 5) is 2.48. The minimum atomic E-state index is 0.601. The van der Waals surface area contributed by atoms with Crippen LogP contribution in [0.4, 0.5) is 5.69 Å². The topological polar surface area (TPSA) is 15.3 Å². The van der Waals surface area contributed by atoms with Gasteiger partial charge in [0.15, 0.2) is 0 Å². The summed E-state index contributed by atoms with van der Waals surface area (Å²) < 4.78 is 0. The van der Waals surface area contributed by atoms with E-state index < -0.39 is 0 Å². The van der Waals surface area contributed by atoms with E-state index in [1.54, 1.807) is 0 Å². The van der Waals surface area contributed by atoms with E-state index in [0.717, 1.165) is 19.6 Å². The van der Waals surface area contributed by atoms with Crippen molar-refractivity contribution in [2.45, 2.75) is 60.5 Å². The zero-order valence-corrected chi connectivity index (χ0v) is 14.2. The molecule has 1 aromatic rings. The quantitative estimate of drug-likeness (QED) is 0.758. The fraction of sp³-hybridized carbons (Fsp3) is 0.667. The largest absolute Gasteiger partial charge is 0.369 e. The molecule has 0 aliphatic carbocycles. The molecule has 0 bridgehead atoms. The standard InChI is InChI=1S/C18H32N2/c1-7-16(6)20(8-2)18-10-9-17(15(5)11-18)13-19-12-14(3)4/h9-11,14,16,19H,7-8,12-13H2,1-6H3. The van der Waals surface area contributed by atoms with Crippen LogP contribution < -0.4 is 10.2 Å². The number of hydrogen-bond acceptors (Lipinski definition) is 2. The monoisotopic (exact) mass is 276 g/mol. The molecule has 1 atom stereocenters. The van der Waals surface area contributed by atoms with Crippen molar-refractivity contribution < 1.29 is 0 Å². The van der Waals surface area contributed by atoms with Crippen molar-refractivity contribution in [1.82, 2.24) is 5.32 Å². The van der Waals surface area contributed by atoms with Gasteiger partial charge in [-0.15, -0.1) is 0 Å². The molecule has 2 nitrogen and oxygen atoms in total. The molecular weight excluding hydrogens is 244 g/mol. The molecule has 0 saturated carbocycles. The number of nitrogens with zero attached hydrogens (tertiary/aromatic N) is 1. The van der Waals surface area contributed by atoms with Gasteiger partial charge in [0.25, 0.3) is 0 Å². The number of anilines is 1. The van der Waals surface area contributed by atoms with E-state index >= 15 is 0 Å². The first-order valence-corrected chi connectivity index (χ1v) is 8.06. The molecule has 0 aliphatic heterocycles. The smallest absolute Gasteiger partial charge is 0.0371 e. The van der Waals surface area contributed by atoms with Gasteiger partial charge in [-0.1, -0.05) is 26.8 Å². The van der Waals surface area contributed by atoms with Crippen LogP contribution in [-0.2, 0) is 6.54 Å². The zero-order valence-electron chi connectivity index (χ0n) is 14.2. The van der Waals surface area contributed by atoms with E-state index in [1.165, 1.54) is 23.2 Å². The van der Waals surface area contributed by atoms with Crippen molar-refractivity contribution in [2.75, 3.05) is 18.0 Å². The van der Waals surface area contributed by atoms with Gasteiger partial charge in [-0.05, 0) is 62.9 Å². The maximum Gasteiger partial charge on any atom is 0.0371 e. The summed E-state index contributed by atoms with van der Waals surface area (Å²) in [5.41, 5.74) is 4.15. The third-order valence-corrected chi connectivity index (χ3v) is 3.99. The summed E-state index contributed by atoms with van der Waals surface area (Å²) in [6, 6.07) is 7.49. The van der Waals surface area contributed by atoms with E-state index in [1.807, 2.05) is 0 Å². The van der Waals surface area contributed by atoms with Gasteiger partial charge in [0, 0.05) is 24.8 Å². The highest BCUT2D eigenvalue weighted by atomic mass is 15.1. The Hall–Kier alpha value is -1.02. The molecule has 0 radical (unpaired) electrons. The van der Waals surface area contributed by atoms with Crippen LogP contribution in [0, 0.1) is 12.8 Å². The van der Waals surface area contributed by atoms with Crippen molar-refractivity contribution in [3.8, 4) is 0 Å². The first kappa shape index (κ1) is 17.0. The summed E-state index contributed by atoms with van der Waals surface area (Å²) in [5, 5.41) is 3.52. The van der Waals surface area contributed by atoms with E-state index in [9.17, 15) is 0 Å². The third kappa shape index (κ3) is 4.82. The van der Waals surface area contributed by atoms with Gasteiger partial charge in [-0.3, -0.25) is 0 Å². The third-order valence-electron chi connectivity index (χ3n) is 3.99. The lowest BCUT2D eigenvalue weighted by Crippen LogP contribution is -2.32. The van der Waals surface area contributed by atoms with Crippen LogP contribution >= 0.6 is 0 Å². The molecule has 0 aromatic heterocycles. The molecule has 0 saturated heterocycles. The molecule has 1 aromatic carbocycles. The van der Waals surface area contributed by atoms with E-state index in [2.05, 4.69) is 70.0 Å². The maximum absolute atomic E-state index is 3.52. The Kier molecular flexibility index (Phi) is 7.08. The summed E-state index contributed by atoms with van der Waals surface area (Å²) in [6.45, 7) is 16.6. The number of hydrogen-bond donors (Lipinski definition) is 1. The Morgan fingerprint density at radius 1 is 1.15 bits per heavy atom. The highest BCUT2D eigenvalue weighted by Gasteiger charge is 2.11. The fourth-order valence-corrected chi connectivity index (χ4v) is 2.52. The second-order valence-electron chi connectivity index (χ2n) is 6.18. The normalized spacial score (nSPS) is 12.8. The highest BCUT2D eigenvalue weighted by Crippen LogP contribution is 2.22. The van der Waals surface area contributed by atoms with Gasteiger partial charge in [0.1, 0.15) is 0 Å². The molecule has 0 fully saturated rings. The summed E-state index contributed by atoms with van der Waals surface area (Å²) in [5.74, 6) is 0.704. The fourth-order valence-electron chi connectivity index (χ4n) is 2.52. The van der Waals surface area contributed by atoms with Crippen LogP contribution in [0.5, 0.6) is 0 Å². The highest BCUT2D eigenvalue weighted by molar-refractivity contribution is 5.51. The van der Waals surface area contributed by atoms with E-state index in [4.69, 9.17) is 0 Å². The summed E-state index contributed by atoms with van der Waals surface area (Å²) in [7, 11) is 0. The molecule has 1 N–H and O–H groups in total. The minimum Gasteiger partial charge on any atom is -0.369 e. The number of aryl methyl sites for hydroxylation is 1. The Balaban J connectivity index is 2.76. The number of rotatable bonds is 8. The van der Waals surface area contributed by atoms with Crippen molar-refractivity contribution >= 4 is 5.69 Å². The molecule has 1 rings (SSSR count). The van der Waals surface area contributed by atoms with Gasteiger partial charge in [-0.25, -0.2) is 0 Å². The van der Waals surface area contributed by atoms with Crippen molar-refractivity contribution in [3.05, 3.63) is 29.3 Å². The van der Waals surface area contributed by atoms with Gasteiger partial charge in [0.05, 0.1) is 0 Å². The van der Waals surface area contributed by atoms with Crippen LogP contribution in [0.2, 0.25) is 0 Å². The van der Waals surface area contributed by atoms with Crippen LogP contribution in [0.25, 0.3) is 0 Å². The first-order chi connectivity index (χ1) is 9.49. The summed E-state index contributed by atoms with van der Waals surface area (Å²) >= 11 is 0. The average Bonchev–Trinajstić information content (AvgIpc) is 2.41. The van der Waals surface area contributed by atoms with Crippen molar-refractivity contribution in [3.63, 3.8) is 0 Å². The van der Waals surface area contributed by atoms with Crippen LogP contribution in [0.3, 0.4) is 0 Å². The van der Waals surface area contributed by atoms with Gasteiger partial charge in [-0.2, -0.15) is 0 Å². The lowest BCUT2D eigenvalue weighted by atomic mass is 10.1. The molecule has 1 unspecified atom stereocenters. The Morgan fingerprint density at radius 2 is 1.85 bits per heavy atom. The predicted octanol–water partition coefficient (Wildman–Crippen LogP) is 4.37. The van der Waals surface area contributed by atoms with Gasteiger partial charge >= 0.3 is 0 Å². The molecule has 114 valence electrons. The molecule has 0 spiro atoms. The molecular formula is C18H32N2. The maximum atomic E-state index is 3.52. The summed E-state index contributed by atoms with van der Waals surface area (Å²) in [6.07, 6.45) is 1.19. The Labute approximate surface area is 125 Å². The molecule has 0 heterocycles. The van der Waals surface area contributed by atoms with Gasteiger partial charge < -0.3 is 10.2 Å². The SMILES string of the molecule is CCC(C)N(CC)c1ccc(CNCC(C)C)c(C)c1. The minimum absolute atomic E-state index is 0.601. The Morgan fingerprint density at radius 3 is 2.35 bits per heavy atom. The molecule has 0 amide bonds. The van der Waals surface area contributed by atoms with Crippen LogP contribution in [0.1, 0.15) is 52.2 Å². The zero-order chi connectivity index (χ0) is 15.1. The van der Waals surface area contributed by atoms with Crippen molar-refractivity contribution in [2.24, 2.45) is 5.92 Å². The number of benzene rings is 1. The average molecular weight is 276 g/mol. The van der Waals surface area contributed by atoms with Gasteiger partial charge in [0.2, 0.25) is 0 Å². The second-order valence-corrected chi connectivity index (χ2v) is 6.18. The Bertz CT molecular complexity index is 398. The molecule has 20 heavy (non-hydrogen) atoms. The number of nitrogens with one attached hydrogen (secondary N) is 1. The molecule has 0 aliphatic rings. The second kappa shape index (κ2) is 8.31. The first-order valence-electron chi connectivity index (χ1n) is 8.06. The lowest BCUT2D eigenvalue weighted by molar-refractivity contribution is 0.551. The van der Waals surface area contributed by atoms with Crippen LogP contribution in [0.15, 0.2) is 18.2 Å². The lowest BCUT2D eigenvalue weighted by Gasteiger charge is -2.30. The van der Waals surface area contributed by atoms with E-state index in [-0.39, 0.29) is 0 Å². The molecule has 2 heteroatoms. The van der Waals surface area contributed by atoms with Crippen molar-refractivity contribution in [1.29, 1.82) is 0 Å². The van der Waals surface area contributed by atoms with E-state index in [0.29, 0.717) is 12.0 Å².